The van der Waals surface area contributed by atoms with E-state index in [1.807, 2.05) is 43.0 Å². The highest BCUT2D eigenvalue weighted by molar-refractivity contribution is 5.58. The van der Waals surface area contributed by atoms with Gasteiger partial charge in [-0.3, -0.25) is 20.4 Å². The molecule has 1 spiro atoms. The first kappa shape index (κ1) is 18.9. The molecule has 148 valence electrons. The predicted octanol–water partition coefficient (Wildman–Crippen LogP) is 2.81. The van der Waals surface area contributed by atoms with Crippen LogP contribution in [0.2, 0.25) is 0 Å². The molecule has 29 heavy (non-hydrogen) atoms. The second kappa shape index (κ2) is 7.53. The van der Waals surface area contributed by atoms with Gasteiger partial charge in [-0.05, 0) is 50.0 Å². The van der Waals surface area contributed by atoms with Crippen LogP contribution in [0.25, 0.3) is 0 Å². The number of nitro groups is 1. The molecule has 2 aromatic heterocycles. The van der Waals surface area contributed by atoms with Crippen LogP contribution in [0.15, 0.2) is 42.1 Å². The van der Waals surface area contributed by atoms with Crippen molar-refractivity contribution in [2.24, 2.45) is 0 Å². The quantitative estimate of drug-likeness (QED) is 0.478. The van der Waals surface area contributed by atoms with Crippen molar-refractivity contribution in [2.45, 2.75) is 32.3 Å². The van der Waals surface area contributed by atoms with Crippen molar-refractivity contribution in [1.29, 1.82) is 0 Å². The lowest BCUT2D eigenvalue weighted by atomic mass is 9.91. The van der Waals surface area contributed by atoms with Crippen LogP contribution < -0.4 is 10.4 Å². The standard InChI is InChI=1S/C21H21N5O3/c1-15-4-3-5-17(22-15)7-8-18-14-21(29-24-18)10-12-25(13-11-21)20-19(26(27)28)9-6-16(2)23-20/h3-6,9,14,24H,10-13H2,1-2H3. The maximum absolute atomic E-state index is 11.4. The molecule has 0 amide bonds. The summed E-state index contributed by atoms with van der Waals surface area (Å²) < 4.78 is 0. The third-order valence-electron chi connectivity index (χ3n) is 5.08. The number of piperidine rings is 1. The summed E-state index contributed by atoms with van der Waals surface area (Å²) in [5, 5.41) is 11.4. The summed E-state index contributed by atoms with van der Waals surface area (Å²) in [7, 11) is 0. The minimum atomic E-state index is -0.459. The molecule has 0 aromatic carbocycles. The maximum Gasteiger partial charge on any atom is 0.311 e. The van der Waals surface area contributed by atoms with Crippen LogP contribution in [0.4, 0.5) is 11.5 Å². The molecule has 4 heterocycles. The Labute approximate surface area is 168 Å². The molecule has 0 radical (unpaired) electrons. The lowest BCUT2D eigenvalue weighted by Crippen LogP contribution is -2.45. The Morgan fingerprint density at radius 2 is 1.90 bits per heavy atom. The van der Waals surface area contributed by atoms with E-state index < -0.39 is 5.60 Å². The molecule has 2 aliphatic heterocycles. The Morgan fingerprint density at radius 1 is 1.14 bits per heavy atom. The van der Waals surface area contributed by atoms with Gasteiger partial charge in [0.2, 0.25) is 5.82 Å². The number of hydrogen-bond acceptors (Lipinski definition) is 7. The van der Waals surface area contributed by atoms with Gasteiger partial charge in [0.1, 0.15) is 17.0 Å². The van der Waals surface area contributed by atoms with Crippen molar-refractivity contribution in [1.82, 2.24) is 15.4 Å². The van der Waals surface area contributed by atoms with Gasteiger partial charge in [-0.1, -0.05) is 6.07 Å². The van der Waals surface area contributed by atoms with Gasteiger partial charge in [-0.2, -0.15) is 0 Å². The van der Waals surface area contributed by atoms with E-state index in [1.165, 1.54) is 6.07 Å². The summed E-state index contributed by atoms with van der Waals surface area (Å²) in [5.41, 5.74) is 5.58. The number of pyridine rings is 2. The van der Waals surface area contributed by atoms with Crippen molar-refractivity contribution >= 4 is 11.5 Å². The second-order valence-corrected chi connectivity index (χ2v) is 7.28. The maximum atomic E-state index is 11.4. The number of aryl methyl sites for hydroxylation is 2. The van der Waals surface area contributed by atoms with Crippen LogP contribution in [0.1, 0.15) is 29.9 Å². The summed E-state index contributed by atoms with van der Waals surface area (Å²) >= 11 is 0. The normalized spacial score (nSPS) is 17.3. The molecule has 1 saturated heterocycles. The zero-order valence-corrected chi connectivity index (χ0v) is 16.3. The molecule has 0 unspecified atom stereocenters. The van der Waals surface area contributed by atoms with Gasteiger partial charge in [0.15, 0.2) is 0 Å². The van der Waals surface area contributed by atoms with E-state index in [2.05, 4.69) is 27.3 Å². The Hall–Kier alpha value is -3.44. The van der Waals surface area contributed by atoms with Gasteiger partial charge < -0.3 is 4.90 Å². The Kier molecular flexibility index (Phi) is 4.91. The van der Waals surface area contributed by atoms with Crippen LogP contribution in [-0.4, -0.2) is 33.6 Å². The predicted molar refractivity (Wildman–Crippen MR) is 108 cm³/mol. The Balaban J connectivity index is 1.48. The minimum absolute atomic E-state index is 0.0322. The zero-order valence-electron chi connectivity index (χ0n) is 16.3. The summed E-state index contributed by atoms with van der Waals surface area (Å²) in [6.07, 6.45) is 3.37. The number of anilines is 1. The highest BCUT2D eigenvalue weighted by Gasteiger charge is 2.39. The number of nitrogens with one attached hydrogen (secondary N) is 1. The second-order valence-electron chi connectivity index (χ2n) is 7.28. The fourth-order valence-corrected chi connectivity index (χ4v) is 3.54. The van der Waals surface area contributed by atoms with Crippen molar-refractivity contribution in [3.05, 3.63) is 69.3 Å². The van der Waals surface area contributed by atoms with E-state index in [0.29, 0.717) is 43.1 Å². The zero-order chi connectivity index (χ0) is 20.4. The first-order valence-electron chi connectivity index (χ1n) is 9.44. The average molecular weight is 391 g/mol. The topological polar surface area (TPSA) is 93.4 Å². The molecule has 1 fully saturated rings. The molecular formula is C21H21N5O3. The summed E-state index contributed by atoms with van der Waals surface area (Å²) in [5.74, 6) is 6.53. The van der Waals surface area contributed by atoms with Crippen molar-refractivity contribution < 1.29 is 9.76 Å². The number of nitrogens with zero attached hydrogens (tertiary/aromatic N) is 4. The largest absolute Gasteiger partial charge is 0.351 e. The van der Waals surface area contributed by atoms with Crippen LogP contribution in [-0.2, 0) is 4.84 Å². The van der Waals surface area contributed by atoms with Gasteiger partial charge in [0.05, 0.1) is 4.92 Å². The SMILES string of the molecule is Cc1cccc(C#CC2=CC3(CCN(c4nc(C)ccc4[N+](=O)[O-])CC3)ON2)n1. The number of hydrogen-bond donors (Lipinski definition) is 1. The number of hydroxylamine groups is 1. The molecule has 4 rings (SSSR count). The van der Waals surface area contributed by atoms with E-state index >= 15 is 0 Å². The number of aromatic nitrogens is 2. The van der Waals surface area contributed by atoms with Crippen molar-refractivity contribution in [3.63, 3.8) is 0 Å². The molecule has 8 heteroatoms. The van der Waals surface area contributed by atoms with Gasteiger partial charge in [-0.15, -0.1) is 0 Å². The van der Waals surface area contributed by atoms with E-state index in [9.17, 15) is 10.1 Å². The van der Waals surface area contributed by atoms with E-state index in [4.69, 9.17) is 4.84 Å². The van der Waals surface area contributed by atoms with Crippen LogP contribution in [0.5, 0.6) is 0 Å². The molecule has 8 nitrogen and oxygen atoms in total. The van der Waals surface area contributed by atoms with Gasteiger partial charge in [0.25, 0.3) is 0 Å². The molecule has 0 aliphatic carbocycles. The van der Waals surface area contributed by atoms with Crippen LogP contribution in [0.3, 0.4) is 0 Å². The highest BCUT2D eigenvalue weighted by Crippen LogP contribution is 2.35. The Morgan fingerprint density at radius 3 is 2.62 bits per heavy atom. The molecule has 0 bridgehead atoms. The molecular weight excluding hydrogens is 370 g/mol. The third-order valence-corrected chi connectivity index (χ3v) is 5.08. The first-order chi connectivity index (χ1) is 13.9. The van der Waals surface area contributed by atoms with E-state index in [1.54, 1.807) is 6.07 Å². The summed E-state index contributed by atoms with van der Waals surface area (Å²) in [6.45, 7) is 4.97. The molecule has 2 aromatic rings. The molecule has 1 N–H and O–H groups in total. The summed E-state index contributed by atoms with van der Waals surface area (Å²) in [4.78, 5) is 27.5. The minimum Gasteiger partial charge on any atom is -0.351 e. The van der Waals surface area contributed by atoms with Crippen LogP contribution >= 0.6 is 0 Å². The van der Waals surface area contributed by atoms with Gasteiger partial charge in [0, 0.05) is 43.4 Å². The van der Waals surface area contributed by atoms with Gasteiger partial charge in [-0.25, -0.2) is 9.97 Å². The van der Waals surface area contributed by atoms with Crippen LogP contribution in [0, 0.1) is 35.8 Å². The highest BCUT2D eigenvalue weighted by atomic mass is 16.7. The van der Waals surface area contributed by atoms with Crippen molar-refractivity contribution in [3.8, 4) is 11.8 Å². The lowest BCUT2D eigenvalue weighted by molar-refractivity contribution is -0.384. The van der Waals surface area contributed by atoms with E-state index in [0.717, 1.165) is 11.4 Å². The summed E-state index contributed by atoms with van der Waals surface area (Å²) in [6, 6.07) is 8.90. The average Bonchev–Trinajstić information content (AvgIpc) is 3.09. The fraction of sp³-hybridized carbons (Fsp3) is 0.333. The van der Waals surface area contributed by atoms with E-state index in [-0.39, 0.29) is 10.6 Å². The smallest absolute Gasteiger partial charge is 0.311 e. The lowest BCUT2D eigenvalue weighted by Gasteiger charge is -2.36. The fourth-order valence-electron chi connectivity index (χ4n) is 3.54. The first-order valence-corrected chi connectivity index (χ1v) is 9.44. The molecule has 0 saturated carbocycles. The third kappa shape index (κ3) is 4.05. The van der Waals surface area contributed by atoms with Gasteiger partial charge >= 0.3 is 5.69 Å². The monoisotopic (exact) mass is 391 g/mol. The van der Waals surface area contributed by atoms with Crippen molar-refractivity contribution in [2.75, 3.05) is 18.0 Å². The number of rotatable bonds is 2. The molecule has 0 atom stereocenters. The molecule has 2 aliphatic rings. The number of allylic oxidation sites excluding steroid dienone is 1. The Bertz CT molecular complexity index is 1050.